The van der Waals surface area contributed by atoms with Gasteiger partial charge in [0.25, 0.3) is 0 Å². The fraction of sp³-hybridized carbons (Fsp3) is 0.0741. The molecular weight excluding hydrogens is 384 g/mol. The highest BCUT2D eigenvalue weighted by Gasteiger charge is 2.31. The van der Waals surface area contributed by atoms with Gasteiger partial charge in [-0.05, 0) is 28.6 Å². The van der Waals surface area contributed by atoms with E-state index in [0.29, 0.717) is 17.9 Å². The van der Waals surface area contributed by atoms with Gasteiger partial charge in [-0.1, -0.05) is 78.9 Å². The quantitative estimate of drug-likeness (QED) is 0.478. The summed E-state index contributed by atoms with van der Waals surface area (Å²) >= 11 is 0. The Kier molecular flexibility index (Phi) is 4.78. The fourth-order valence-electron chi connectivity index (χ4n) is 4.05. The average Bonchev–Trinajstić information content (AvgIpc) is 2.82. The van der Waals surface area contributed by atoms with Crippen molar-refractivity contribution < 1.29 is 9.47 Å². The molecular formula is C27H20N2O2. The molecule has 4 heteroatoms. The summed E-state index contributed by atoms with van der Waals surface area (Å²) < 4.78 is 12.0. The molecule has 0 aromatic heterocycles. The summed E-state index contributed by atoms with van der Waals surface area (Å²) in [5.74, 6) is 1.27. The second kappa shape index (κ2) is 7.89. The van der Waals surface area contributed by atoms with Crippen molar-refractivity contribution in [3.8, 4) is 17.6 Å². The van der Waals surface area contributed by atoms with Crippen LogP contribution in [0.4, 0.5) is 0 Å². The minimum atomic E-state index is -0.321. The van der Waals surface area contributed by atoms with Crippen molar-refractivity contribution in [3.63, 3.8) is 0 Å². The number of hydrogen-bond donors (Lipinski definition) is 1. The van der Waals surface area contributed by atoms with Crippen molar-refractivity contribution in [2.75, 3.05) is 0 Å². The molecule has 4 aromatic rings. The molecule has 2 N–H and O–H groups in total. The maximum atomic E-state index is 9.85. The Labute approximate surface area is 180 Å². The molecule has 5 rings (SSSR count). The molecule has 0 spiro atoms. The predicted molar refractivity (Wildman–Crippen MR) is 120 cm³/mol. The van der Waals surface area contributed by atoms with Crippen molar-refractivity contribution in [2.24, 2.45) is 5.73 Å². The predicted octanol–water partition coefficient (Wildman–Crippen LogP) is 5.64. The Balaban J connectivity index is 1.56. The molecule has 0 aliphatic carbocycles. The normalized spacial score (nSPS) is 15.1. The summed E-state index contributed by atoms with van der Waals surface area (Å²) in [5, 5.41) is 11.9. The summed E-state index contributed by atoms with van der Waals surface area (Å²) in [4.78, 5) is 0. The van der Waals surface area contributed by atoms with E-state index in [1.54, 1.807) is 0 Å². The minimum Gasteiger partial charge on any atom is -0.489 e. The Bertz CT molecular complexity index is 1340. The van der Waals surface area contributed by atoms with Crippen LogP contribution < -0.4 is 15.2 Å². The number of hydrogen-bond acceptors (Lipinski definition) is 4. The summed E-state index contributed by atoms with van der Waals surface area (Å²) in [5.41, 5.74) is 9.56. The lowest BCUT2D eigenvalue weighted by Gasteiger charge is -2.27. The minimum absolute atomic E-state index is 0.145. The Hall–Kier alpha value is -4.23. The lowest BCUT2D eigenvalue weighted by Crippen LogP contribution is -2.21. The van der Waals surface area contributed by atoms with Crippen molar-refractivity contribution in [1.29, 1.82) is 5.26 Å². The molecule has 0 saturated heterocycles. The number of benzene rings is 4. The molecule has 0 radical (unpaired) electrons. The zero-order valence-electron chi connectivity index (χ0n) is 16.8. The summed E-state index contributed by atoms with van der Waals surface area (Å²) in [6, 6.07) is 32.2. The topological polar surface area (TPSA) is 68.3 Å². The van der Waals surface area contributed by atoms with Crippen LogP contribution in [0, 0.1) is 11.3 Å². The highest BCUT2D eigenvalue weighted by atomic mass is 16.5. The molecule has 4 nitrogen and oxygen atoms in total. The molecule has 150 valence electrons. The average molecular weight is 404 g/mol. The molecule has 0 amide bonds. The smallest absolute Gasteiger partial charge is 0.205 e. The number of nitrogens with two attached hydrogens (primary N) is 1. The molecule has 4 aromatic carbocycles. The van der Waals surface area contributed by atoms with Crippen molar-refractivity contribution in [1.82, 2.24) is 0 Å². The number of rotatable bonds is 4. The van der Waals surface area contributed by atoms with Crippen LogP contribution in [0.1, 0.15) is 22.6 Å². The van der Waals surface area contributed by atoms with Crippen molar-refractivity contribution in [3.05, 3.63) is 119 Å². The number of allylic oxidation sites excluding steroid dienone is 1. The van der Waals surface area contributed by atoms with Gasteiger partial charge in [-0.25, -0.2) is 0 Å². The highest BCUT2D eigenvalue weighted by Crippen LogP contribution is 2.45. The van der Waals surface area contributed by atoms with Gasteiger partial charge in [0.1, 0.15) is 29.7 Å². The third kappa shape index (κ3) is 3.47. The van der Waals surface area contributed by atoms with Gasteiger partial charge >= 0.3 is 0 Å². The van der Waals surface area contributed by atoms with Crippen LogP contribution in [0.25, 0.3) is 10.8 Å². The molecule has 0 unspecified atom stereocenters. The standard InChI is InChI=1S/C27H20N2O2/c28-16-24-25(20-10-6-11-21(15-20)30-17-18-7-2-1-3-8-18)23-14-13-19-9-4-5-12-22(19)26(23)31-27(24)29/h1-15,25H,17,29H2/t25-/m1/s1. The van der Waals surface area contributed by atoms with Crippen LogP contribution in [0.2, 0.25) is 0 Å². The van der Waals surface area contributed by atoms with E-state index in [1.807, 2.05) is 84.9 Å². The Morgan fingerprint density at radius 1 is 0.903 bits per heavy atom. The molecule has 31 heavy (non-hydrogen) atoms. The van der Waals surface area contributed by atoms with Crippen molar-refractivity contribution >= 4 is 10.8 Å². The second-order valence-electron chi connectivity index (χ2n) is 7.48. The van der Waals surface area contributed by atoms with E-state index in [4.69, 9.17) is 15.2 Å². The SMILES string of the molecule is N#CC1=C(N)Oc2c(ccc3ccccc23)[C@H]1c1cccc(OCc2ccccc2)c1. The summed E-state index contributed by atoms with van der Waals surface area (Å²) in [7, 11) is 0. The van der Waals surface area contributed by atoms with Gasteiger partial charge in [-0.3, -0.25) is 0 Å². The zero-order chi connectivity index (χ0) is 21.2. The highest BCUT2D eigenvalue weighted by molar-refractivity contribution is 5.90. The number of ether oxygens (including phenoxy) is 2. The van der Waals surface area contributed by atoms with Crippen LogP contribution >= 0.6 is 0 Å². The monoisotopic (exact) mass is 404 g/mol. The summed E-state index contributed by atoms with van der Waals surface area (Å²) in [6.45, 7) is 0.475. The van der Waals surface area contributed by atoms with E-state index >= 15 is 0 Å². The molecule has 0 saturated carbocycles. The fourth-order valence-corrected chi connectivity index (χ4v) is 4.05. The van der Waals surface area contributed by atoms with Gasteiger partial charge < -0.3 is 15.2 Å². The number of nitriles is 1. The Morgan fingerprint density at radius 2 is 1.71 bits per heavy atom. The van der Waals surface area contributed by atoms with E-state index in [9.17, 15) is 5.26 Å². The van der Waals surface area contributed by atoms with E-state index < -0.39 is 0 Å². The number of nitrogens with zero attached hydrogens (tertiary/aromatic N) is 1. The van der Waals surface area contributed by atoms with E-state index in [-0.39, 0.29) is 11.8 Å². The van der Waals surface area contributed by atoms with Gasteiger partial charge in [-0.2, -0.15) is 5.26 Å². The first kappa shape index (κ1) is 18.8. The lowest BCUT2D eigenvalue weighted by atomic mass is 9.82. The first-order valence-corrected chi connectivity index (χ1v) is 10.1. The van der Waals surface area contributed by atoms with Gasteiger partial charge in [0.05, 0.1) is 5.92 Å². The second-order valence-corrected chi connectivity index (χ2v) is 7.48. The van der Waals surface area contributed by atoms with E-state index in [0.717, 1.165) is 33.2 Å². The zero-order valence-corrected chi connectivity index (χ0v) is 16.8. The van der Waals surface area contributed by atoms with Crippen LogP contribution in [0.15, 0.2) is 102 Å². The van der Waals surface area contributed by atoms with Gasteiger partial charge in [0.2, 0.25) is 5.88 Å². The third-order valence-electron chi connectivity index (χ3n) is 5.55. The summed E-state index contributed by atoms with van der Waals surface area (Å²) in [6.07, 6.45) is 0. The molecule has 1 heterocycles. The van der Waals surface area contributed by atoms with Gasteiger partial charge in [0, 0.05) is 10.9 Å². The van der Waals surface area contributed by atoms with Crippen LogP contribution in [0.3, 0.4) is 0 Å². The van der Waals surface area contributed by atoms with Gasteiger partial charge in [-0.15, -0.1) is 0 Å². The first-order chi connectivity index (χ1) is 15.2. The van der Waals surface area contributed by atoms with Crippen molar-refractivity contribution in [2.45, 2.75) is 12.5 Å². The molecule has 0 bridgehead atoms. The lowest BCUT2D eigenvalue weighted by molar-refractivity contribution is 0.306. The molecule has 1 aliphatic rings. The van der Waals surface area contributed by atoms with Gasteiger partial charge in [0.15, 0.2) is 0 Å². The van der Waals surface area contributed by atoms with Crippen LogP contribution in [0.5, 0.6) is 11.5 Å². The van der Waals surface area contributed by atoms with Crippen LogP contribution in [-0.2, 0) is 6.61 Å². The maximum Gasteiger partial charge on any atom is 0.205 e. The molecule has 0 fully saturated rings. The Morgan fingerprint density at radius 3 is 2.55 bits per heavy atom. The molecule has 1 aliphatic heterocycles. The first-order valence-electron chi connectivity index (χ1n) is 10.1. The van der Waals surface area contributed by atoms with E-state index in [1.165, 1.54) is 0 Å². The largest absolute Gasteiger partial charge is 0.489 e. The van der Waals surface area contributed by atoms with Crippen LogP contribution in [-0.4, -0.2) is 0 Å². The third-order valence-corrected chi connectivity index (χ3v) is 5.55. The van der Waals surface area contributed by atoms with E-state index in [2.05, 4.69) is 12.1 Å². The maximum absolute atomic E-state index is 9.85. The molecule has 1 atom stereocenters. The number of fused-ring (bicyclic) bond motifs is 3.